The summed E-state index contributed by atoms with van der Waals surface area (Å²) in [6.45, 7) is 6.67. The van der Waals surface area contributed by atoms with E-state index in [1.165, 1.54) is 31.5 Å². The van der Waals surface area contributed by atoms with Crippen molar-refractivity contribution in [2.45, 2.75) is 19.3 Å². The summed E-state index contributed by atoms with van der Waals surface area (Å²) in [5, 5.41) is 0.812. The van der Waals surface area contributed by atoms with E-state index in [1.54, 1.807) is 0 Å². The van der Waals surface area contributed by atoms with Gasteiger partial charge in [-0.3, -0.25) is 4.90 Å². The molecule has 1 saturated carbocycles. The Morgan fingerprint density at radius 3 is 2.33 bits per heavy atom. The van der Waals surface area contributed by atoms with E-state index in [2.05, 4.69) is 21.9 Å². The molecule has 2 fully saturated rings. The monoisotopic (exact) mass is 307 g/mol. The van der Waals surface area contributed by atoms with E-state index in [9.17, 15) is 0 Å². The highest BCUT2D eigenvalue weighted by molar-refractivity contribution is 6.30. The van der Waals surface area contributed by atoms with Crippen molar-refractivity contribution in [3.05, 3.63) is 29.3 Å². The summed E-state index contributed by atoms with van der Waals surface area (Å²) >= 11 is 5.96. The molecule has 0 amide bonds. The van der Waals surface area contributed by atoms with Crippen LogP contribution in [0.15, 0.2) is 24.3 Å². The van der Waals surface area contributed by atoms with Gasteiger partial charge in [-0.1, -0.05) is 18.0 Å². The molecule has 2 atom stereocenters. The molecule has 1 aromatic rings. The fraction of sp³-hybridized carbons (Fsp3) is 0.647. The van der Waals surface area contributed by atoms with E-state index in [0.29, 0.717) is 0 Å². The molecule has 1 aliphatic heterocycles. The van der Waals surface area contributed by atoms with Crippen LogP contribution in [0.1, 0.15) is 19.3 Å². The van der Waals surface area contributed by atoms with E-state index in [0.717, 1.165) is 49.6 Å². The molecule has 0 bridgehead atoms. The number of hydrogen-bond acceptors (Lipinski definition) is 3. The Balaban J connectivity index is 1.50. The van der Waals surface area contributed by atoms with Gasteiger partial charge in [-0.25, -0.2) is 0 Å². The van der Waals surface area contributed by atoms with E-state index in [1.807, 2.05) is 12.1 Å². The van der Waals surface area contributed by atoms with Crippen molar-refractivity contribution in [2.75, 3.05) is 44.2 Å². The summed E-state index contributed by atoms with van der Waals surface area (Å²) < 4.78 is 0. The second-order valence-electron chi connectivity index (χ2n) is 6.45. The lowest BCUT2D eigenvalue weighted by Gasteiger charge is -2.38. The molecule has 0 spiro atoms. The molecule has 0 aromatic heterocycles. The quantitative estimate of drug-likeness (QED) is 0.928. The first-order chi connectivity index (χ1) is 10.3. The molecule has 3 nitrogen and oxygen atoms in total. The zero-order chi connectivity index (χ0) is 14.7. The number of halogens is 1. The molecule has 1 heterocycles. The standard InChI is InChI=1S/C17H26ClN3/c18-16-4-6-17(7-5-16)21-10-8-20(9-11-21)13-15-3-1-2-14(15)12-19/h4-7,14-15H,1-3,8-13,19H2. The minimum Gasteiger partial charge on any atom is -0.369 e. The Labute approximate surface area is 133 Å². The van der Waals surface area contributed by atoms with Gasteiger partial charge >= 0.3 is 0 Å². The predicted molar refractivity (Wildman–Crippen MR) is 90.0 cm³/mol. The van der Waals surface area contributed by atoms with Crippen LogP contribution in [0.2, 0.25) is 5.02 Å². The highest BCUT2D eigenvalue weighted by atomic mass is 35.5. The molecule has 2 unspecified atom stereocenters. The molecule has 1 aliphatic carbocycles. The summed E-state index contributed by atoms with van der Waals surface area (Å²) in [6.07, 6.45) is 4.09. The summed E-state index contributed by atoms with van der Waals surface area (Å²) in [4.78, 5) is 5.09. The summed E-state index contributed by atoms with van der Waals surface area (Å²) in [5.41, 5.74) is 7.19. The van der Waals surface area contributed by atoms with Crippen molar-refractivity contribution < 1.29 is 0 Å². The Kier molecular flexibility index (Phi) is 5.04. The Morgan fingerprint density at radius 1 is 1.00 bits per heavy atom. The lowest BCUT2D eigenvalue weighted by atomic mass is 9.95. The van der Waals surface area contributed by atoms with Gasteiger partial charge in [0.2, 0.25) is 0 Å². The van der Waals surface area contributed by atoms with Crippen LogP contribution in [0, 0.1) is 11.8 Å². The van der Waals surface area contributed by atoms with Crippen molar-refractivity contribution in [3.63, 3.8) is 0 Å². The van der Waals surface area contributed by atoms with E-state index in [4.69, 9.17) is 17.3 Å². The summed E-state index contributed by atoms with van der Waals surface area (Å²) in [6, 6.07) is 8.21. The molecule has 3 rings (SSSR count). The van der Waals surface area contributed by atoms with Crippen molar-refractivity contribution in [1.82, 2.24) is 4.90 Å². The first-order valence-electron chi connectivity index (χ1n) is 8.19. The molecule has 2 N–H and O–H groups in total. The maximum Gasteiger partial charge on any atom is 0.0407 e. The third-order valence-corrected chi connectivity index (χ3v) is 5.43. The van der Waals surface area contributed by atoms with Gasteiger partial charge in [0.1, 0.15) is 0 Å². The number of piperazine rings is 1. The summed E-state index contributed by atoms with van der Waals surface area (Å²) in [5.74, 6) is 1.59. The van der Waals surface area contributed by atoms with Crippen LogP contribution in [0.4, 0.5) is 5.69 Å². The first kappa shape index (κ1) is 15.1. The van der Waals surface area contributed by atoms with Crippen LogP contribution < -0.4 is 10.6 Å². The Bertz CT molecular complexity index is 440. The third-order valence-electron chi connectivity index (χ3n) is 5.18. The maximum atomic E-state index is 5.96. The number of rotatable bonds is 4. The van der Waals surface area contributed by atoms with Gasteiger partial charge in [-0.2, -0.15) is 0 Å². The largest absolute Gasteiger partial charge is 0.369 e. The van der Waals surface area contributed by atoms with Crippen LogP contribution in [0.25, 0.3) is 0 Å². The maximum absolute atomic E-state index is 5.96. The molecule has 1 saturated heterocycles. The molecule has 0 radical (unpaired) electrons. The second-order valence-corrected chi connectivity index (χ2v) is 6.89. The van der Waals surface area contributed by atoms with Crippen LogP contribution in [0.3, 0.4) is 0 Å². The van der Waals surface area contributed by atoms with Crippen molar-refractivity contribution in [1.29, 1.82) is 0 Å². The number of nitrogens with two attached hydrogens (primary N) is 1. The smallest absolute Gasteiger partial charge is 0.0407 e. The third kappa shape index (κ3) is 3.71. The van der Waals surface area contributed by atoms with E-state index < -0.39 is 0 Å². The molecular weight excluding hydrogens is 282 g/mol. The van der Waals surface area contributed by atoms with Gasteiger partial charge < -0.3 is 10.6 Å². The molecule has 4 heteroatoms. The average Bonchev–Trinajstić information content (AvgIpc) is 2.96. The minimum atomic E-state index is 0.763. The molecule has 21 heavy (non-hydrogen) atoms. The number of anilines is 1. The topological polar surface area (TPSA) is 32.5 Å². The fourth-order valence-electron chi connectivity index (χ4n) is 3.84. The zero-order valence-corrected chi connectivity index (χ0v) is 13.4. The number of nitrogens with zero attached hydrogens (tertiary/aromatic N) is 2. The minimum absolute atomic E-state index is 0.763. The average molecular weight is 308 g/mol. The fourth-order valence-corrected chi connectivity index (χ4v) is 3.96. The van der Waals surface area contributed by atoms with Gasteiger partial charge in [0.25, 0.3) is 0 Å². The van der Waals surface area contributed by atoms with Gasteiger partial charge in [-0.15, -0.1) is 0 Å². The number of benzene rings is 1. The Morgan fingerprint density at radius 2 is 1.67 bits per heavy atom. The van der Waals surface area contributed by atoms with Crippen LogP contribution in [-0.2, 0) is 0 Å². The van der Waals surface area contributed by atoms with Gasteiger partial charge in [-0.05, 0) is 55.5 Å². The molecule has 116 valence electrons. The SMILES string of the molecule is NCC1CCCC1CN1CCN(c2ccc(Cl)cc2)CC1. The van der Waals surface area contributed by atoms with E-state index >= 15 is 0 Å². The van der Waals surface area contributed by atoms with Crippen LogP contribution in [0.5, 0.6) is 0 Å². The van der Waals surface area contributed by atoms with Gasteiger partial charge in [0.15, 0.2) is 0 Å². The molecule has 1 aromatic carbocycles. The lowest BCUT2D eigenvalue weighted by Crippen LogP contribution is -2.48. The summed E-state index contributed by atoms with van der Waals surface area (Å²) in [7, 11) is 0. The van der Waals surface area contributed by atoms with Crippen molar-refractivity contribution >= 4 is 17.3 Å². The van der Waals surface area contributed by atoms with Crippen LogP contribution >= 0.6 is 11.6 Å². The second kappa shape index (κ2) is 6.99. The highest BCUT2D eigenvalue weighted by Crippen LogP contribution is 2.31. The van der Waals surface area contributed by atoms with E-state index in [-0.39, 0.29) is 0 Å². The lowest BCUT2D eigenvalue weighted by molar-refractivity contribution is 0.197. The van der Waals surface area contributed by atoms with Gasteiger partial charge in [0, 0.05) is 43.4 Å². The molecule has 2 aliphatic rings. The number of hydrogen-bond donors (Lipinski definition) is 1. The van der Waals surface area contributed by atoms with Crippen LogP contribution in [-0.4, -0.2) is 44.2 Å². The normalized spacial score (nSPS) is 27.2. The van der Waals surface area contributed by atoms with Crippen molar-refractivity contribution in [3.8, 4) is 0 Å². The predicted octanol–water partition coefficient (Wildman–Crippen LogP) is 2.84. The highest BCUT2D eigenvalue weighted by Gasteiger charge is 2.28. The van der Waals surface area contributed by atoms with Gasteiger partial charge in [0.05, 0.1) is 0 Å². The molecular formula is C17H26ClN3. The van der Waals surface area contributed by atoms with Crippen molar-refractivity contribution in [2.24, 2.45) is 17.6 Å². The first-order valence-corrected chi connectivity index (χ1v) is 8.57. The Hall–Kier alpha value is -0.770. The zero-order valence-electron chi connectivity index (χ0n) is 12.7.